The van der Waals surface area contributed by atoms with Gasteiger partial charge in [-0.3, -0.25) is 4.79 Å². The highest BCUT2D eigenvalue weighted by Crippen LogP contribution is 2.32. The standard InChI is InChI=1S/C13H15NO5S.H3NO/c15-11(9-1-2-10(20-9)12(16)17)14-5-3-13(4-6-14)18-7-8-19-13;1-2/h1-2H,3-8H2,(H,16,17);2H,1H2. The third-order valence-corrected chi connectivity index (χ3v) is 4.71. The van der Waals surface area contributed by atoms with E-state index >= 15 is 0 Å². The fourth-order valence-corrected chi connectivity index (χ4v) is 3.37. The number of rotatable bonds is 2. The maximum atomic E-state index is 12.3. The van der Waals surface area contributed by atoms with Crippen LogP contribution in [0.2, 0.25) is 0 Å². The predicted octanol–water partition coefficient (Wildman–Crippen LogP) is 0.760. The molecule has 1 spiro atoms. The number of carboxylic acid groups (broad SMARTS) is 1. The predicted molar refractivity (Wildman–Crippen MR) is 77.0 cm³/mol. The van der Waals surface area contributed by atoms with Gasteiger partial charge in [-0.2, -0.15) is 0 Å². The first-order chi connectivity index (χ1) is 10.6. The molecule has 4 N–H and O–H groups in total. The highest BCUT2D eigenvalue weighted by Gasteiger charge is 2.41. The van der Waals surface area contributed by atoms with Gasteiger partial charge >= 0.3 is 5.97 Å². The number of thiophene rings is 1. The molecule has 2 aliphatic heterocycles. The third-order valence-electron chi connectivity index (χ3n) is 3.65. The van der Waals surface area contributed by atoms with E-state index in [0.29, 0.717) is 44.0 Å². The van der Waals surface area contributed by atoms with Gasteiger partial charge in [0.2, 0.25) is 0 Å². The Bertz CT molecular complexity index is 530. The number of nitrogens with two attached hydrogens (primary N) is 1. The van der Waals surface area contributed by atoms with Crippen molar-refractivity contribution in [3.05, 3.63) is 21.9 Å². The summed E-state index contributed by atoms with van der Waals surface area (Å²) in [4.78, 5) is 25.5. The van der Waals surface area contributed by atoms with Gasteiger partial charge in [-0.15, -0.1) is 11.3 Å². The van der Waals surface area contributed by atoms with Gasteiger partial charge in [-0.25, -0.2) is 10.7 Å². The summed E-state index contributed by atoms with van der Waals surface area (Å²) in [6.45, 7) is 2.36. The van der Waals surface area contributed by atoms with Crippen molar-refractivity contribution in [1.29, 1.82) is 0 Å². The maximum absolute atomic E-state index is 12.3. The maximum Gasteiger partial charge on any atom is 0.345 e. The Balaban J connectivity index is 0.000000847. The van der Waals surface area contributed by atoms with Crippen LogP contribution in [-0.4, -0.2) is 59.2 Å². The summed E-state index contributed by atoms with van der Waals surface area (Å²) in [7, 11) is 0. The summed E-state index contributed by atoms with van der Waals surface area (Å²) < 4.78 is 11.2. The summed E-state index contributed by atoms with van der Waals surface area (Å²) in [5.41, 5.74) is 0. The average molecular weight is 330 g/mol. The molecule has 0 radical (unpaired) electrons. The van der Waals surface area contributed by atoms with Crippen molar-refractivity contribution < 1.29 is 29.4 Å². The summed E-state index contributed by atoms with van der Waals surface area (Å²) in [5.74, 6) is 1.88. The van der Waals surface area contributed by atoms with Crippen molar-refractivity contribution in [2.45, 2.75) is 18.6 Å². The molecule has 3 rings (SSSR count). The lowest BCUT2D eigenvalue weighted by molar-refractivity contribution is -0.181. The largest absolute Gasteiger partial charge is 0.477 e. The van der Waals surface area contributed by atoms with Crippen LogP contribution >= 0.6 is 11.3 Å². The van der Waals surface area contributed by atoms with Crippen molar-refractivity contribution >= 4 is 23.2 Å². The molecule has 122 valence electrons. The first-order valence-corrected chi connectivity index (χ1v) is 7.57. The summed E-state index contributed by atoms with van der Waals surface area (Å²) in [6.07, 6.45) is 1.33. The van der Waals surface area contributed by atoms with Crippen LogP contribution < -0.4 is 5.90 Å². The zero-order valence-electron chi connectivity index (χ0n) is 11.9. The van der Waals surface area contributed by atoms with Gasteiger partial charge in [0.15, 0.2) is 5.79 Å². The molecule has 0 bridgehead atoms. The number of carbonyl (C=O) groups excluding carboxylic acids is 1. The van der Waals surface area contributed by atoms with Crippen LogP contribution in [-0.2, 0) is 9.47 Å². The molecule has 2 fully saturated rings. The Labute approximate surface area is 131 Å². The lowest BCUT2D eigenvalue weighted by atomic mass is 10.0. The van der Waals surface area contributed by atoms with Crippen LogP contribution in [0.5, 0.6) is 0 Å². The number of carboxylic acids is 1. The minimum absolute atomic E-state index is 0.115. The van der Waals surface area contributed by atoms with E-state index in [2.05, 4.69) is 5.90 Å². The van der Waals surface area contributed by atoms with Gasteiger partial charge in [-0.05, 0) is 12.1 Å². The highest BCUT2D eigenvalue weighted by atomic mass is 32.1. The second kappa shape index (κ2) is 7.16. The smallest absolute Gasteiger partial charge is 0.345 e. The molecule has 9 heteroatoms. The van der Waals surface area contributed by atoms with Crippen molar-refractivity contribution in [3.8, 4) is 0 Å². The van der Waals surface area contributed by atoms with Crippen LogP contribution in [0.1, 0.15) is 32.2 Å². The molecule has 0 atom stereocenters. The number of piperidine rings is 1. The van der Waals surface area contributed by atoms with E-state index in [9.17, 15) is 9.59 Å². The van der Waals surface area contributed by atoms with Gasteiger partial charge in [0.1, 0.15) is 4.88 Å². The highest BCUT2D eigenvalue weighted by molar-refractivity contribution is 7.15. The molecule has 0 unspecified atom stereocenters. The SMILES string of the molecule is NO.O=C(O)c1ccc(C(=O)N2CCC3(CC2)OCCO3)s1. The number of aromatic carboxylic acids is 1. The van der Waals surface area contributed by atoms with Gasteiger partial charge < -0.3 is 24.7 Å². The first kappa shape index (κ1) is 16.8. The number of likely N-dealkylation sites (tertiary alicyclic amines) is 1. The van der Waals surface area contributed by atoms with E-state index < -0.39 is 11.8 Å². The van der Waals surface area contributed by atoms with Crippen molar-refractivity contribution in [3.63, 3.8) is 0 Å². The molecule has 22 heavy (non-hydrogen) atoms. The first-order valence-electron chi connectivity index (χ1n) is 6.76. The molecule has 0 aliphatic carbocycles. The van der Waals surface area contributed by atoms with Crippen LogP contribution in [0.15, 0.2) is 12.1 Å². The van der Waals surface area contributed by atoms with E-state index in [1.54, 1.807) is 11.0 Å². The monoisotopic (exact) mass is 330 g/mol. The van der Waals surface area contributed by atoms with Gasteiger partial charge in [0.25, 0.3) is 5.91 Å². The zero-order chi connectivity index (χ0) is 16.2. The van der Waals surface area contributed by atoms with E-state index in [1.165, 1.54) is 6.07 Å². The van der Waals surface area contributed by atoms with Crippen LogP contribution in [0.25, 0.3) is 0 Å². The lowest BCUT2D eigenvalue weighted by Gasteiger charge is -2.37. The fraction of sp³-hybridized carbons (Fsp3) is 0.538. The van der Waals surface area contributed by atoms with Crippen molar-refractivity contribution in [2.24, 2.45) is 5.90 Å². The Morgan fingerprint density at radius 2 is 1.68 bits per heavy atom. The summed E-state index contributed by atoms with van der Waals surface area (Å²) >= 11 is 1.01. The number of nitrogens with zero attached hydrogens (tertiary/aromatic N) is 1. The number of hydrogen-bond acceptors (Lipinski definition) is 7. The summed E-state index contributed by atoms with van der Waals surface area (Å²) in [6, 6.07) is 3.04. The van der Waals surface area contributed by atoms with Crippen LogP contribution in [0, 0.1) is 0 Å². The molecule has 1 aromatic heterocycles. The fourth-order valence-electron chi connectivity index (χ4n) is 2.56. The second-order valence-electron chi connectivity index (χ2n) is 4.87. The molecule has 2 aliphatic rings. The Kier molecular flexibility index (Phi) is 5.48. The second-order valence-corrected chi connectivity index (χ2v) is 5.95. The van der Waals surface area contributed by atoms with Crippen LogP contribution in [0.3, 0.4) is 0 Å². The molecule has 0 aromatic carbocycles. The molecule has 2 saturated heterocycles. The zero-order valence-corrected chi connectivity index (χ0v) is 12.7. The van der Waals surface area contributed by atoms with Gasteiger partial charge in [-0.1, -0.05) is 0 Å². The average Bonchev–Trinajstić information content (AvgIpc) is 3.19. The molecule has 8 nitrogen and oxygen atoms in total. The molecular weight excluding hydrogens is 312 g/mol. The minimum atomic E-state index is -1.00. The van der Waals surface area contributed by atoms with E-state index in [4.69, 9.17) is 19.8 Å². The topological polar surface area (TPSA) is 122 Å². The third kappa shape index (κ3) is 3.45. The van der Waals surface area contributed by atoms with E-state index in [0.717, 1.165) is 11.3 Å². The number of ether oxygens (including phenoxy) is 2. The van der Waals surface area contributed by atoms with Gasteiger partial charge in [0, 0.05) is 25.9 Å². The summed E-state index contributed by atoms with van der Waals surface area (Å²) in [5, 5.41) is 15.4. The Morgan fingerprint density at radius 1 is 1.14 bits per heavy atom. The van der Waals surface area contributed by atoms with Crippen molar-refractivity contribution in [1.82, 2.24) is 4.90 Å². The number of amides is 1. The Hall–Kier alpha value is -1.52. The van der Waals surface area contributed by atoms with Crippen molar-refractivity contribution in [2.75, 3.05) is 26.3 Å². The quantitative estimate of drug-likeness (QED) is 0.684. The number of carbonyl (C=O) groups is 2. The molecule has 1 aromatic rings. The minimum Gasteiger partial charge on any atom is -0.477 e. The van der Waals surface area contributed by atoms with Gasteiger partial charge in [0.05, 0.1) is 18.1 Å². The molecule has 1 amide bonds. The van der Waals surface area contributed by atoms with E-state index in [1.807, 2.05) is 0 Å². The Morgan fingerprint density at radius 3 is 2.18 bits per heavy atom. The number of hydrogen-bond donors (Lipinski definition) is 3. The molecular formula is C13H18N2O6S. The lowest BCUT2D eigenvalue weighted by Crippen LogP contribution is -2.47. The van der Waals surface area contributed by atoms with E-state index in [-0.39, 0.29) is 10.8 Å². The molecule has 3 heterocycles. The normalized spacial score (nSPS) is 19.6. The molecule has 0 saturated carbocycles. The van der Waals surface area contributed by atoms with Crippen LogP contribution in [0.4, 0.5) is 0 Å².